The number of hydrogen-bond acceptors (Lipinski definition) is 9. The molecule has 11 heteroatoms. The molecule has 2 N–H and O–H groups in total. The molecule has 1 amide bonds. The van der Waals surface area contributed by atoms with Gasteiger partial charge in [0.15, 0.2) is 0 Å². The van der Waals surface area contributed by atoms with Crippen LogP contribution in [0.3, 0.4) is 0 Å². The molecule has 1 fully saturated rings. The van der Waals surface area contributed by atoms with Gasteiger partial charge in [-0.05, 0) is 56.6 Å². The van der Waals surface area contributed by atoms with E-state index >= 15 is 0 Å². The van der Waals surface area contributed by atoms with Crippen molar-refractivity contribution < 1.29 is 19.0 Å². The van der Waals surface area contributed by atoms with Crippen LogP contribution in [0.15, 0.2) is 73.1 Å². The van der Waals surface area contributed by atoms with Gasteiger partial charge in [0.2, 0.25) is 5.91 Å². The molecule has 1 atom stereocenters. The molecule has 0 spiro atoms. The Kier molecular flexibility index (Phi) is 9.69. The van der Waals surface area contributed by atoms with E-state index in [1.165, 1.54) is 12.3 Å². The summed E-state index contributed by atoms with van der Waals surface area (Å²) in [7, 11) is 3.84. The topological polar surface area (TPSA) is 122 Å². The number of halogens is 1. The molecule has 0 saturated carbocycles. The molecule has 220 valence electrons. The zero-order valence-corrected chi connectivity index (χ0v) is 24.6. The summed E-state index contributed by atoms with van der Waals surface area (Å²) >= 11 is 6.55. The molecule has 5 rings (SSSR count). The number of nitriles is 1. The Morgan fingerprint density at radius 1 is 1.19 bits per heavy atom. The average Bonchev–Trinajstić information content (AvgIpc) is 3.51. The molecule has 1 saturated heterocycles. The molecule has 1 aliphatic rings. The number of nitrogens with one attached hydrogen (secondary N) is 2. The predicted molar refractivity (Wildman–Crippen MR) is 166 cm³/mol. The molecule has 1 aliphatic heterocycles. The van der Waals surface area contributed by atoms with Crippen molar-refractivity contribution in [1.82, 2.24) is 14.9 Å². The Morgan fingerprint density at radius 2 is 2.05 bits per heavy atom. The van der Waals surface area contributed by atoms with Crippen LogP contribution >= 0.6 is 11.6 Å². The second-order valence-corrected chi connectivity index (χ2v) is 10.5. The van der Waals surface area contributed by atoms with Crippen LogP contribution in [0.5, 0.6) is 11.5 Å². The van der Waals surface area contributed by atoms with Gasteiger partial charge in [-0.3, -0.25) is 14.8 Å². The van der Waals surface area contributed by atoms with Gasteiger partial charge in [0.1, 0.15) is 36.0 Å². The summed E-state index contributed by atoms with van der Waals surface area (Å²) in [6.07, 6.45) is 7.02. The molecule has 3 heterocycles. The van der Waals surface area contributed by atoms with Gasteiger partial charge in [-0.2, -0.15) is 5.26 Å². The minimum Gasteiger partial charge on any atom is -0.486 e. The van der Waals surface area contributed by atoms with Gasteiger partial charge in [0.05, 0.1) is 40.7 Å². The Labute approximate surface area is 254 Å². The number of benzene rings is 2. The molecular formula is C32H31ClN6O4. The molecule has 1 unspecified atom stereocenters. The highest BCUT2D eigenvalue weighted by Crippen LogP contribution is 2.39. The van der Waals surface area contributed by atoms with Gasteiger partial charge >= 0.3 is 0 Å². The van der Waals surface area contributed by atoms with E-state index in [0.717, 1.165) is 12.1 Å². The third-order valence-corrected chi connectivity index (χ3v) is 6.89. The minimum absolute atomic E-state index is 0.145. The highest BCUT2D eigenvalue weighted by atomic mass is 35.5. The van der Waals surface area contributed by atoms with Crippen LogP contribution in [0.25, 0.3) is 10.9 Å². The number of fused-ring (bicyclic) bond motifs is 1. The van der Waals surface area contributed by atoms with Gasteiger partial charge < -0.3 is 29.7 Å². The standard InChI is InChI=1S/C32H31ClN6O4/c1-39(2)14-5-7-29(40)38-32-28(43-24-12-15-41-20-24)11-9-25-30(21(17-34)18-36-31(25)32)37-22-8-10-27(26(33)16-22)42-19-23-6-3-4-13-35-23/h3-11,13,16,18,24H,12,14-15,19-20H2,1-2H3,(H,36,37)(H,38,40)/b7-5+. The lowest BCUT2D eigenvalue weighted by atomic mass is 10.1. The summed E-state index contributed by atoms with van der Waals surface area (Å²) in [4.78, 5) is 23.7. The molecule has 2 aromatic carbocycles. The lowest BCUT2D eigenvalue weighted by Crippen LogP contribution is -2.18. The summed E-state index contributed by atoms with van der Waals surface area (Å²) in [5.41, 5.74) is 3.13. The third-order valence-electron chi connectivity index (χ3n) is 6.59. The van der Waals surface area contributed by atoms with Crippen molar-refractivity contribution in [2.75, 3.05) is 44.5 Å². The highest BCUT2D eigenvalue weighted by Gasteiger charge is 2.22. The van der Waals surface area contributed by atoms with Crippen LogP contribution in [-0.2, 0) is 16.1 Å². The number of aromatic nitrogens is 2. The van der Waals surface area contributed by atoms with E-state index in [9.17, 15) is 10.1 Å². The van der Waals surface area contributed by atoms with Crippen LogP contribution in [0, 0.1) is 11.3 Å². The number of anilines is 3. The van der Waals surface area contributed by atoms with Crippen molar-refractivity contribution >= 4 is 45.5 Å². The SMILES string of the molecule is CN(C)C/C=C/C(=O)Nc1c(OC2CCOC2)ccc2c(Nc3ccc(OCc4ccccn4)c(Cl)c3)c(C#N)cnc12. The predicted octanol–water partition coefficient (Wildman–Crippen LogP) is 5.70. The fourth-order valence-corrected chi connectivity index (χ4v) is 4.72. The second-order valence-electron chi connectivity index (χ2n) is 10.1. The first kappa shape index (κ1) is 29.8. The number of likely N-dealkylation sites (N-methyl/N-ethyl adjacent to an activating group) is 1. The first-order valence-electron chi connectivity index (χ1n) is 13.7. The number of carbonyl (C=O) groups excluding carboxylic acids is 1. The number of ether oxygens (including phenoxy) is 3. The fraction of sp³-hybridized carbons (Fsp3) is 0.250. The number of carbonyl (C=O) groups is 1. The third kappa shape index (κ3) is 7.59. The summed E-state index contributed by atoms with van der Waals surface area (Å²) in [6.45, 7) is 1.96. The van der Waals surface area contributed by atoms with Crippen LogP contribution in [0.1, 0.15) is 17.7 Å². The van der Waals surface area contributed by atoms with Crippen molar-refractivity contribution in [1.29, 1.82) is 5.26 Å². The van der Waals surface area contributed by atoms with E-state index in [0.29, 0.717) is 69.8 Å². The van der Waals surface area contributed by atoms with Crippen LogP contribution in [0.2, 0.25) is 5.02 Å². The molecule has 2 aromatic heterocycles. The van der Waals surface area contributed by atoms with Gasteiger partial charge in [-0.1, -0.05) is 23.7 Å². The van der Waals surface area contributed by atoms with Gasteiger partial charge in [-0.25, -0.2) is 0 Å². The van der Waals surface area contributed by atoms with Crippen molar-refractivity contribution in [3.05, 3.63) is 89.4 Å². The number of amides is 1. The first-order chi connectivity index (χ1) is 20.9. The second kappa shape index (κ2) is 14.0. The van der Waals surface area contributed by atoms with E-state index in [-0.39, 0.29) is 18.6 Å². The quantitative estimate of drug-likeness (QED) is 0.209. The number of nitrogens with zero attached hydrogens (tertiary/aromatic N) is 4. The van der Waals surface area contributed by atoms with Crippen LogP contribution < -0.4 is 20.1 Å². The van der Waals surface area contributed by atoms with Crippen molar-refractivity contribution in [3.8, 4) is 17.6 Å². The summed E-state index contributed by atoms with van der Waals surface area (Å²) in [6, 6.07) is 16.7. The molecule has 10 nitrogen and oxygen atoms in total. The van der Waals surface area contributed by atoms with Gasteiger partial charge in [-0.15, -0.1) is 0 Å². The molecule has 43 heavy (non-hydrogen) atoms. The molecular weight excluding hydrogens is 568 g/mol. The lowest BCUT2D eigenvalue weighted by molar-refractivity contribution is -0.111. The van der Waals surface area contributed by atoms with E-state index in [4.69, 9.17) is 25.8 Å². The Hall–Kier alpha value is -4.69. The minimum atomic E-state index is -0.324. The Morgan fingerprint density at radius 3 is 2.77 bits per heavy atom. The summed E-state index contributed by atoms with van der Waals surface area (Å²) in [5, 5.41) is 17.2. The highest BCUT2D eigenvalue weighted by molar-refractivity contribution is 6.32. The van der Waals surface area contributed by atoms with Crippen molar-refractivity contribution in [3.63, 3.8) is 0 Å². The summed E-state index contributed by atoms with van der Waals surface area (Å²) < 4.78 is 17.5. The smallest absolute Gasteiger partial charge is 0.248 e. The maximum absolute atomic E-state index is 12.9. The molecule has 4 aromatic rings. The van der Waals surface area contributed by atoms with E-state index in [1.807, 2.05) is 49.3 Å². The van der Waals surface area contributed by atoms with Crippen LogP contribution in [0.4, 0.5) is 17.1 Å². The fourth-order valence-electron chi connectivity index (χ4n) is 4.48. The number of rotatable bonds is 11. The monoisotopic (exact) mass is 598 g/mol. The zero-order chi connectivity index (χ0) is 30.2. The molecule has 0 radical (unpaired) electrons. The molecule has 0 aliphatic carbocycles. The van der Waals surface area contributed by atoms with E-state index in [2.05, 4.69) is 26.7 Å². The van der Waals surface area contributed by atoms with E-state index in [1.54, 1.807) is 30.5 Å². The number of hydrogen-bond donors (Lipinski definition) is 2. The maximum atomic E-state index is 12.9. The largest absolute Gasteiger partial charge is 0.486 e. The van der Waals surface area contributed by atoms with E-state index < -0.39 is 0 Å². The normalized spacial score (nSPS) is 14.6. The first-order valence-corrected chi connectivity index (χ1v) is 14.1. The van der Waals surface area contributed by atoms with Gasteiger partial charge in [0, 0.05) is 42.5 Å². The zero-order valence-electron chi connectivity index (χ0n) is 23.8. The average molecular weight is 599 g/mol. The van der Waals surface area contributed by atoms with Crippen LogP contribution in [-0.4, -0.2) is 60.7 Å². The number of pyridine rings is 2. The molecule has 0 bridgehead atoms. The van der Waals surface area contributed by atoms with Crippen molar-refractivity contribution in [2.45, 2.75) is 19.1 Å². The van der Waals surface area contributed by atoms with Crippen molar-refractivity contribution in [2.24, 2.45) is 0 Å². The lowest BCUT2D eigenvalue weighted by Gasteiger charge is -2.19. The maximum Gasteiger partial charge on any atom is 0.248 e. The Balaban J connectivity index is 1.46. The van der Waals surface area contributed by atoms with Gasteiger partial charge in [0.25, 0.3) is 0 Å². The Bertz CT molecular complexity index is 1670. The summed E-state index contributed by atoms with van der Waals surface area (Å²) in [5.74, 6) is 0.650.